The number of amides is 1. The minimum absolute atomic E-state index is 0.0189. The molecule has 0 aliphatic carbocycles. The van der Waals surface area contributed by atoms with Crippen LogP contribution < -0.4 is 10.1 Å². The molecule has 1 amide bonds. The van der Waals surface area contributed by atoms with Crippen LogP contribution in [0.4, 0.5) is 29.3 Å². The summed E-state index contributed by atoms with van der Waals surface area (Å²) >= 11 is 0. The molecule has 0 saturated carbocycles. The predicted octanol–water partition coefficient (Wildman–Crippen LogP) is 5.81. The highest BCUT2D eigenvalue weighted by atomic mass is 19.4. The quantitative estimate of drug-likeness (QED) is 0.281. The summed E-state index contributed by atoms with van der Waals surface area (Å²) in [7, 11) is 0. The van der Waals surface area contributed by atoms with Gasteiger partial charge in [-0.25, -0.2) is 4.79 Å². The van der Waals surface area contributed by atoms with E-state index in [2.05, 4.69) is 4.74 Å². The van der Waals surface area contributed by atoms with E-state index in [1.165, 1.54) is 37.3 Å². The van der Waals surface area contributed by atoms with Gasteiger partial charge in [0.05, 0.1) is 4.92 Å². The average molecular weight is 462 g/mol. The number of rotatable bonds is 5. The maximum absolute atomic E-state index is 12.0. The second-order valence-corrected chi connectivity index (χ2v) is 6.45. The third-order valence-electron chi connectivity index (χ3n) is 4.05. The van der Waals surface area contributed by atoms with E-state index in [0.717, 1.165) is 12.1 Å². The molecule has 8 nitrogen and oxygen atoms in total. The maximum Gasteiger partial charge on any atom is 0.573 e. The second-order valence-electron chi connectivity index (χ2n) is 6.45. The Bertz CT molecular complexity index is 1130. The summed E-state index contributed by atoms with van der Waals surface area (Å²) in [6, 6.07) is 17.7. The summed E-state index contributed by atoms with van der Waals surface area (Å²) in [6.07, 6.45) is -6.04. The summed E-state index contributed by atoms with van der Waals surface area (Å²) in [4.78, 5) is 32.3. The molecule has 0 heterocycles. The van der Waals surface area contributed by atoms with Crippen LogP contribution in [-0.4, -0.2) is 28.3 Å². The number of carbonyl (C=O) groups is 2. The van der Waals surface area contributed by atoms with Crippen LogP contribution in [0.25, 0.3) is 0 Å². The number of ether oxygens (including phenoxy) is 1. The fourth-order valence-corrected chi connectivity index (χ4v) is 2.58. The van der Waals surface area contributed by atoms with Crippen molar-refractivity contribution in [2.75, 3.05) is 5.32 Å². The van der Waals surface area contributed by atoms with Gasteiger partial charge in [0.15, 0.2) is 5.78 Å². The minimum atomic E-state index is -4.76. The first kappa shape index (κ1) is 24.9. The van der Waals surface area contributed by atoms with Crippen LogP contribution in [0.3, 0.4) is 0 Å². The molecule has 0 aliphatic heterocycles. The second kappa shape index (κ2) is 10.8. The average Bonchev–Trinajstić information content (AvgIpc) is 2.75. The molecule has 11 heteroatoms. The molecule has 0 saturated heterocycles. The first-order chi connectivity index (χ1) is 15.5. The van der Waals surface area contributed by atoms with E-state index in [1.807, 2.05) is 11.4 Å². The number of carboxylic acid groups (broad SMARTS) is 1. The van der Waals surface area contributed by atoms with Crippen LogP contribution >= 0.6 is 0 Å². The van der Waals surface area contributed by atoms with Gasteiger partial charge in [0.1, 0.15) is 5.75 Å². The zero-order valence-electron chi connectivity index (χ0n) is 17.0. The van der Waals surface area contributed by atoms with Crippen LogP contribution in [0, 0.1) is 17.0 Å². The Labute approximate surface area is 185 Å². The van der Waals surface area contributed by atoms with Gasteiger partial charge in [-0.05, 0) is 42.8 Å². The molecule has 3 aromatic carbocycles. The van der Waals surface area contributed by atoms with Crippen molar-refractivity contribution in [2.24, 2.45) is 0 Å². The molecule has 0 aromatic heterocycles. The summed E-state index contributed by atoms with van der Waals surface area (Å²) < 4.78 is 39.2. The van der Waals surface area contributed by atoms with Gasteiger partial charge in [-0.1, -0.05) is 30.3 Å². The third kappa shape index (κ3) is 7.98. The molecule has 0 radical (unpaired) electrons. The molecule has 0 fully saturated rings. The Balaban J connectivity index is 0.000000234. The van der Waals surface area contributed by atoms with Crippen LogP contribution in [0.15, 0.2) is 72.8 Å². The van der Waals surface area contributed by atoms with Gasteiger partial charge < -0.3 is 9.84 Å². The molecule has 2 N–H and O–H groups in total. The number of aryl methyl sites for hydroxylation is 1. The van der Waals surface area contributed by atoms with Crippen LogP contribution in [-0.2, 0) is 0 Å². The van der Waals surface area contributed by atoms with Crippen molar-refractivity contribution in [3.05, 3.63) is 99.6 Å². The molecule has 33 heavy (non-hydrogen) atoms. The molecule has 0 atom stereocenters. The van der Waals surface area contributed by atoms with E-state index < -0.39 is 17.4 Å². The van der Waals surface area contributed by atoms with Gasteiger partial charge in [-0.15, -0.1) is 13.2 Å². The number of nitrogens with one attached hydrogen (secondary N) is 1. The number of carbonyl (C=O) groups excluding carboxylic acids is 1. The fraction of sp³-hybridized carbons (Fsp3) is 0.0909. The number of hydrogen-bond acceptors (Lipinski definition) is 5. The van der Waals surface area contributed by atoms with E-state index in [-0.39, 0.29) is 22.9 Å². The zero-order chi connectivity index (χ0) is 24.6. The molecule has 3 rings (SSSR count). The van der Waals surface area contributed by atoms with Gasteiger partial charge in [0.2, 0.25) is 0 Å². The van der Waals surface area contributed by atoms with Crippen LogP contribution in [0.2, 0.25) is 0 Å². The molecule has 0 aliphatic rings. The fourth-order valence-electron chi connectivity index (χ4n) is 2.58. The first-order valence-corrected chi connectivity index (χ1v) is 9.17. The topological polar surface area (TPSA) is 119 Å². The van der Waals surface area contributed by atoms with E-state index in [4.69, 9.17) is 5.11 Å². The number of benzene rings is 3. The summed E-state index contributed by atoms with van der Waals surface area (Å²) in [6.45, 7) is 1.47. The standard InChI is InChI=1S/C13H9NO3.C9H8F3NO3/c15-13(10-4-2-1-3-5-10)11-6-8-12(9-7-11)14(16)17;1-5-4-6(16-9(10,11)12)2-3-7(5)13-8(14)15/h1-9H;2-4,13H,1H3,(H,14,15). The van der Waals surface area contributed by atoms with Crippen molar-refractivity contribution in [1.29, 1.82) is 0 Å². The number of nitrogens with zero attached hydrogens (tertiary/aromatic N) is 1. The summed E-state index contributed by atoms with van der Waals surface area (Å²) in [5, 5.41) is 20.9. The summed E-state index contributed by atoms with van der Waals surface area (Å²) in [5.41, 5.74) is 1.55. The van der Waals surface area contributed by atoms with Crippen molar-refractivity contribution < 1.29 is 37.5 Å². The summed E-state index contributed by atoms with van der Waals surface area (Å²) in [5.74, 6) is -0.526. The lowest BCUT2D eigenvalue weighted by atomic mass is 10.0. The molecule has 3 aromatic rings. The number of non-ortho nitro benzene ring substituents is 1. The number of anilines is 1. The molecule has 0 spiro atoms. The monoisotopic (exact) mass is 462 g/mol. The Kier molecular flexibility index (Phi) is 8.10. The van der Waals surface area contributed by atoms with Gasteiger partial charge in [-0.3, -0.25) is 20.2 Å². The number of ketones is 1. The van der Waals surface area contributed by atoms with Crippen molar-refractivity contribution in [2.45, 2.75) is 13.3 Å². The van der Waals surface area contributed by atoms with Crippen molar-refractivity contribution in [3.63, 3.8) is 0 Å². The first-order valence-electron chi connectivity index (χ1n) is 9.17. The predicted molar refractivity (Wildman–Crippen MR) is 112 cm³/mol. The van der Waals surface area contributed by atoms with Gasteiger partial charge in [-0.2, -0.15) is 0 Å². The van der Waals surface area contributed by atoms with Gasteiger partial charge in [0, 0.05) is 28.9 Å². The number of halogens is 3. The Morgan fingerprint density at radius 2 is 1.55 bits per heavy atom. The highest BCUT2D eigenvalue weighted by molar-refractivity contribution is 6.09. The smallest absolute Gasteiger partial charge is 0.465 e. The third-order valence-corrected chi connectivity index (χ3v) is 4.05. The van der Waals surface area contributed by atoms with E-state index in [1.54, 1.807) is 24.3 Å². The van der Waals surface area contributed by atoms with Gasteiger partial charge in [0.25, 0.3) is 5.69 Å². The van der Waals surface area contributed by atoms with Crippen LogP contribution in [0.1, 0.15) is 21.5 Å². The number of hydrogen-bond donors (Lipinski definition) is 2. The largest absolute Gasteiger partial charge is 0.573 e. The number of nitro benzene ring substituents is 1. The van der Waals surface area contributed by atoms with Crippen LogP contribution in [0.5, 0.6) is 5.75 Å². The maximum atomic E-state index is 12.0. The SMILES string of the molecule is Cc1cc(OC(F)(F)F)ccc1NC(=O)O.O=C(c1ccccc1)c1ccc([N+](=O)[O-])cc1. The van der Waals surface area contributed by atoms with E-state index in [0.29, 0.717) is 16.7 Å². The Morgan fingerprint density at radius 3 is 2.03 bits per heavy atom. The molecule has 172 valence electrons. The van der Waals surface area contributed by atoms with Crippen molar-refractivity contribution in [3.8, 4) is 5.75 Å². The van der Waals surface area contributed by atoms with E-state index >= 15 is 0 Å². The lowest BCUT2D eigenvalue weighted by molar-refractivity contribution is -0.384. The lowest BCUT2D eigenvalue weighted by Gasteiger charge is -2.11. The number of alkyl halides is 3. The Hall–Kier alpha value is -4.41. The molecular formula is C22H17F3N2O6. The number of nitro groups is 1. The van der Waals surface area contributed by atoms with E-state index in [9.17, 15) is 32.9 Å². The van der Waals surface area contributed by atoms with Crippen molar-refractivity contribution in [1.82, 2.24) is 0 Å². The zero-order valence-corrected chi connectivity index (χ0v) is 17.0. The highest BCUT2D eigenvalue weighted by Crippen LogP contribution is 2.26. The molecular weight excluding hydrogens is 445 g/mol. The van der Waals surface area contributed by atoms with Gasteiger partial charge >= 0.3 is 12.5 Å². The minimum Gasteiger partial charge on any atom is -0.465 e. The molecule has 0 unspecified atom stereocenters. The highest BCUT2D eigenvalue weighted by Gasteiger charge is 2.31. The Morgan fingerprint density at radius 1 is 0.970 bits per heavy atom. The molecule has 0 bridgehead atoms. The van der Waals surface area contributed by atoms with Crippen molar-refractivity contribution >= 4 is 23.3 Å². The normalized spacial score (nSPS) is 10.4. The lowest BCUT2D eigenvalue weighted by Crippen LogP contribution is -2.17.